The molecule has 23 heavy (non-hydrogen) atoms. The number of aliphatic hydroxyl groups is 1. The van der Waals surface area contributed by atoms with Crippen molar-refractivity contribution in [2.24, 2.45) is 0 Å². The van der Waals surface area contributed by atoms with Gasteiger partial charge in [0.15, 0.2) is 6.29 Å². The molecule has 1 saturated heterocycles. The highest BCUT2D eigenvalue weighted by molar-refractivity contribution is 5.05. The second kappa shape index (κ2) is 11.6. The average molecular weight is 322 g/mol. The molecule has 0 amide bonds. The number of ether oxygens (including phenoxy) is 2. The Balaban J connectivity index is 2.15. The molecule has 0 aliphatic carbocycles. The summed E-state index contributed by atoms with van der Waals surface area (Å²) in [5.74, 6) is 0. The maximum absolute atomic E-state index is 9.73. The fraction of sp³-hybridized carbons (Fsp3) is 0.700. The van der Waals surface area contributed by atoms with Crippen molar-refractivity contribution in [3.8, 4) is 0 Å². The van der Waals surface area contributed by atoms with E-state index < -0.39 is 0 Å². The lowest BCUT2D eigenvalue weighted by molar-refractivity contribution is -0.155. The molecule has 0 aromatic heterocycles. The van der Waals surface area contributed by atoms with Gasteiger partial charge in [0.25, 0.3) is 0 Å². The van der Waals surface area contributed by atoms with E-state index in [1.165, 1.54) is 17.6 Å². The molecule has 1 heterocycles. The molecule has 0 aromatic carbocycles. The smallest absolute Gasteiger partial charge is 0.157 e. The van der Waals surface area contributed by atoms with Gasteiger partial charge < -0.3 is 14.6 Å². The van der Waals surface area contributed by atoms with Crippen LogP contribution in [0.25, 0.3) is 0 Å². The van der Waals surface area contributed by atoms with Gasteiger partial charge in [-0.3, -0.25) is 0 Å². The zero-order chi connectivity index (χ0) is 17.1. The van der Waals surface area contributed by atoms with E-state index in [9.17, 15) is 5.11 Å². The minimum atomic E-state index is -0.376. The van der Waals surface area contributed by atoms with E-state index >= 15 is 0 Å². The summed E-state index contributed by atoms with van der Waals surface area (Å²) in [5.41, 5.74) is 3.54. The van der Waals surface area contributed by atoms with Crippen molar-refractivity contribution in [2.75, 3.05) is 13.2 Å². The Bertz CT molecular complexity index is 403. The highest BCUT2D eigenvalue weighted by Crippen LogP contribution is 2.15. The molecule has 2 unspecified atom stereocenters. The number of allylic oxidation sites excluding steroid dienone is 3. The first-order valence-corrected chi connectivity index (χ1v) is 8.87. The summed E-state index contributed by atoms with van der Waals surface area (Å²) in [5, 5.41) is 9.73. The molecule has 0 aromatic rings. The molecule has 132 valence electrons. The number of hydrogen-bond acceptors (Lipinski definition) is 3. The second-order valence-electron chi connectivity index (χ2n) is 6.67. The van der Waals surface area contributed by atoms with Crippen molar-refractivity contribution in [2.45, 2.75) is 78.1 Å². The van der Waals surface area contributed by atoms with Gasteiger partial charge >= 0.3 is 0 Å². The van der Waals surface area contributed by atoms with Crippen molar-refractivity contribution in [1.29, 1.82) is 0 Å². The standard InChI is InChI=1S/C20H34O3/c1-16(2)19(21)12-11-17(3)8-7-9-18(4)13-15-23-20-10-5-6-14-22-20/h8,13,19-21H,1,5-7,9-12,14-15H2,2-4H3/b17-8+,18-13-. The van der Waals surface area contributed by atoms with Crippen LogP contribution in [0.3, 0.4) is 0 Å². The largest absolute Gasteiger partial charge is 0.389 e. The Morgan fingerprint density at radius 3 is 2.61 bits per heavy atom. The Morgan fingerprint density at radius 1 is 1.22 bits per heavy atom. The van der Waals surface area contributed by atoms with Gasteiger partial charge in [-0.25, -0.2) is 0 Å². The molecule has 1 aliphatic heterocycles. The van der Waals surface area contributed by atoms with E-state index in [4.69, 9.17) is 9.47 Å². The van der Waals surface area contributed by atoms with Gasteiger partial charge in [-0.2, -0.15) is 0 Å². The van der Waals surface area contributed by atoms with Gasteiger partial charge in [-0.15, -0.1) is 0 Å². The van der Waals surface area contributed by atoms with Gasteiger partial charge in [0.2, 0.25) is 0 Å². The van der Waals surface area contributed by atoms with Gasteiger partial charge in [0.05, 0.1) is 12.7 Å². The van der Waals surface area contributed by atoms with Crippen molar-refractivity contribution in [3.63, 3.8) is 0 Å². The normalized spacial score (nSPS) is 21.3. The summed E-state index contributed by atoms with van der Waals surface area (Å²) >= 11 is 0. The van der Waals surface area contributed by atoms with Crippen LogP contribution in [0.2, 0.25) is 0 Å². The molecule has 0 bridgehead atoms. The third kappa shape index (κ3) is 9.75. The Kier molecular flexibility index (Phi) is 10.2. The summed E-state index contributed by atoms with van der Waals surface area (Å²) in [7, 11) is 0. The molecule has 1 aliphatic rings. The Morgan fingerprint density at radius 2 is 1.96 bits per heavy atom. The highest BCUT2D eigenvalue weighted by atomic mass is 16.7. The molecule has 3 heteroatoms. The quantitative estimate of drug-likeness (QED) is 0.580. The number of hydrogen-bond donors (Lipinski definition) is 1. The molecular formula is C20H34O3. The molecule has 2 atom stereocenters. The van der Waals surface area contributed by atoms with Crippen LogP contribution < -0.4 is 0 Å². The number of aliphatic hydroxyl groups excluding tert-OH is 1. The van der Waals surface area contributed by atoms with E-state index in [1.54, 1.807) is 0 Å². The van der Waals surface area contributed by atoms with Gasteiger partial charge in [0, 0.05) is 6.61 Å². The van der Waals surface area contributed by atoms with Crippen LogP contribution in [0.15, 0.2) is 35.5 Å². The Hall–Kier alpha value is -0.900. The van der Waals surface area contributed by atoms with E-state index in [2.05, 4.69) is 32.6 Å². The first kappa shape index (κ1) is 20.1. The summed E-state index contributed by atoms with van der Waals surface area (Å²) < 4.78 is 11.3. The van der Waals surface area contributed by atoms with Gasteiger partial charge in [0.1, 0.15) is 0 Å². The van der Waals surface area contributed by atoms with Crippen LogP contribution in [0.5, 0.6) is 0 Å². The van der Waals surface area contributed by atoms with Crippen LogP contribution in [0.1, 0.15) is 65.7 Å². The zero-order valence-corrected chi connectivity index (χ0v) is 15.1. The maximum atomic E-state index is 9.73. The first-order valence-electron chi connectivity index (χ1n) is 8.87. The molecule has 0 radical (unpaired) electrons. The van der Waals surface area contributed by atoms with Crippen LogP contribution >= 0.6 is 0 Å². The van der Waals surface area contributed by atoms with E-state index in [-0.39, 0.29) is 12.4 Å². The van der Waals surface area contributed by atoms with Crippen molar-refractivity contribution >= 4 is 0 Å². The maximum Gasteiger partial charge on any atom is 0.157 e. The molecule has 3 nitrogen and oxygen atoms in total. The summed E-state index contributed by atoms with van der Waals surface area (Å²) in [4.78, 5) is 0. The summed E-state index contributed by atoms with van der Waals surface area (Å²) in [6, 6.07) is 0. The van der Waals surface area contributed by atoms with Crippen LogP contribution in [0.4, 0.5) is 0 Å². The fourth-order valence-electron chi connectivity index (χ4n) is 2.50. The lowest BCUT2D eigenvalue weighted by atomic mass is 10.0. The highest BCUT2D eigenvalue weighted by Gasteiger charge is 2.12. The van der Waals surface area contributed by atoms with Crippen LogP contribution in [0, 0.1) is 0 Å². The molecule has 1 rings (SSSR count). The number of rotatable bonds is 10. The predicted molar refractivity (Wildman–Crippen MR) is 96.3 cm³/mol. The van der Waals surface area contributed by atoms with E-state index in [0.29, 0.717) is 6.61 Å². The minimum Gasteiger partial charge on any atom is -0.389 e. The van der Waals surface area contributed by atoms with Crippen molar-refractivity contribution < 1.29 is 14.6 Å². The Labute approximate surface area is 142 Å². The topological polar surface area (TPSA) is 38.7 Å². The molecule has 0 spiro atoms. The lowest BCUT2D eigenvalue weighted by Gasteiger charge is -2.22. The third-order valence-electron chi connectivity index (χ3n) is 4.26. The predicted octanol–water partition coefficient (Wildman–Crippen LogP) is 4.92. The van der Waals surface area contributed by atoms with E-state index in [1.807, 2.05) is 6.92 Å². The monoisotopic (exact) mass is 322 g/mol. The third-order valence-corrected chi connectivity index (χ3v) is 4.26. The summed E-state index contributed by atoms with van der Waals surface area (Å²) in [6.07, 6.45) is 11.2. The van der Waals surface area contributed by atoms with Crippen LogP contribution in [-0.4, -0.2) is 30.7 Å². The zero-order valence-electron chi connectivity index (χ0n) is 15.1. The summed E-state index contributed by atoms with van der Waals surface area (Å²) in [6.45, 7) is 11.4. The minimum absolute atomic E-state index is 0.00492. The first-order chi connectivity index (χ1) is 11.0. The SMILES string of the molecule is C=C(C)C(O)CC/C(C)=C/CC/C(C)=C\COC1CCCCO1. The van der Waals surface area contributed by atoms with Gasteiger partial charge in [-0.1, -0.05) is 35.5 Å². The van der Waals surface area contributed by atoms with Crippen LogP contribution in [-0.2, 0) is 9.47 Å². The van der Waals surface area contributed by atoms with Crippen molar-refractivity contribution in [1.82, 2.24) is 0 Å². The van der Waals surface area contributed by atoms with E-state index in [0.717, 1.165) is 50.7 Å². The molecular weight excluding hydrogens is 288 g/mol. The fourth-order valence-corrected chi connectivity index (χ4v) is 2.50. The molecule has 1 fully saturated rings. The second-order valence-corrected chi connectivity index (χ2v) is 6.67. The molecule has 0 saturated carbocycles. The lowest BCUT2D eigenvalue weighted by Crippen LogP contribution is -2.22. The average Bonchev–Trinajstić information content (AvgIpc) is 2.53. The molecule has 1 N–H and O–H groups in total. The van der Waals surface area contributed by atoms with Gasteiger partial charge in [-0.05, 0) is 65.7 Å². The van der Waals surface area contributed by atoms with Crippen molar-refractivity contribution in [3.05, 3.63) is 35.5 Å².